The van der Waals surface area contributed by atoms with E-state index in [0.717, 1.165) is 17.7 Å². The molecule has 0 bridgehead atoms. The fourth-order valence-corrected chi connectivity index (χ4v) is 1.54. The molecule has 1 rings (SSSR count). The number of benzene rings is 1. The highest BCUT2D eigenvalue weighted by atomic mass is 14.8. The van der Waals surface area contributed by atoms with E-state index < -0.39 is 0 Å². The molecule has 0 aliphatic rings. The molecule has 1 N–H and O–H groups in total. The highest BCUT2D eigenvalue weighted by Crippen LogP contribution is 2.08. The molecule has 1 nitrogen and oxygen atoms in total. The minimum Gasteiger partial charge on any atom is -0.378 e. The van der Waals surface area contributed by atoms with E-state index in [1.807, 2.05) is 20.8 Å². The second kappa shape index (κ2) is 10.3. The van der Waals surface area contributed by atoms with E-state index >= 15 is 0 Å². The molecular formula is C18H27N. The first kappa shape index (κ1) is 17.3. The van der Waals surface area contributed by atoms with Crippen LogP contribution in [0.25, 0.3) is 0 Å². The molecule has 0 radical (unpaired) electrons. The Bertz CT molecular complexity index is 415. The Kier molecular flexibility index (Phi) is 9.35. The van der Waals surface area contributed by atoms with Crippen LogP contribution in [0.2, 0.25) is 0 Å². The van der Waals surface area contributed by atoms with Crippen LogP contribution in [0.3, 0.4) is 0 Å². The van der Waals surface area contributed by atoms with E-state index in [1.54, 1.807) is 0 Å². The Morgan fingerprint density at radius 2 is 1.79 bits per heavy atom. The maximum absolute atomic E-state index is 3.76. The van der Waals surface area contributed by atoms with Crippen LogP contribution in [0.15, 0.2) is 36.5 Å². The van der Waals surface area contributed by atoms with Gasteiger partial charge in [0.05, 0.1) is 6.54 Å². The van der Waals surface area contributed by atoms with Gasteiger partial charge in [0.25, 0.3) is 0 Å². The van der Waals surface area contributed by atoms with Gasteiger partial charge in [0.15, 0.2) is 0 Å². The van der Waals surface area contributed by atoms with Gasteiger partial charge in [-0.2, -0.15) is 0 Å². The topological polar surface area (TPSA) is 12.0 Å². The fourth-order valence-electron chi connectivity index (χ4n) is 1.54. The van der Waals surface area contributed by atoms with Crippen molar-refractivity contribution < 1.29 is 0 Å². The molecule has 1 aromatic rings. The zero-order chi connectivity index (χ0) is 14.7. The third-order valence-corrected chi connectivity index (χ3v) is 2.31. The second-order valence-electron chi connectivity index (χ2n) is 4.73. The predicted octanol–water partition coefficient (Wildman–Crippen LogP) is 4.39. The molecule has 0 heterocycles. The Morgan fingerprint density at radius 3 is 2.26 bits per heavy atom. The van der Waals surface area contributed by atoms with Crippen molar-refractivity contribution in [2.75, 3.05) is 6.54 Å². The van der Waals surface area contributed by atoms with Gasteiger partial charge in [0.2, 0.25) is 0 Å². The van der Waals surface area contributed by atoms with Crippen LogP contribution < -0.4 is 5.32 Å². The number of rotatable bonds is 4. The summed E-state index contributed by atoms with van der Waals surface area (Å²) in [6, 6.07) is 8.50. The van der Waals surface area contributed by atoms with Crippen LogP contribution in [-0.4, -0.2) is 6.54 Å². The third-order valence-electron chi connectivity index (χ3n) is 2.31. The summed E-state index contributed by atoms with van der Waals surface area (Å²) in [6.45, 7) is 14.8. The summed E-state index contributed by atoms with van der Waals surface area (Å²) in [5, 5.41) is 3.09. The van der Waals surface area contributed by atoms with Gasteiger partial charge in [-0.1, -0.05) is 58.2 Å². The molecule has 19 heavy (non-hydrogen) atoms. The molecule has 104 valence electrons. The molecule has 0 aromatic heterocycles. The number of hydrogen-bond acceptors (Lipinski definition) is 1. The molecule has 1 aromatic carbocycles. The molecule has 0 spiro atoms. The van der Waals surface area contributed by atoms with Crippen molar-refractivity contribution in [3.8, 4) is 11.8 Å². The van der Waals surface area contributed by atoms with Crippen molar-refractivity contribution in [2.24, 2.45) is 5.92 Å². The Balaban J connectivity index is 0.00000154. The average molecular weight is 257 g/mol. The Morgan fingerprint density at radius 1 is 1.21 bits per heavy atom. The summed E-state index contributed by atoms with van der Waals surface area (Å²) < 4.78 is 0. The van der Waals surface area contributed by atoms with Gasteiger partial charge in [-0.25, -0.2) is 0 Å². The first-order chi connectivity index (χ1) is 9.08. The SMILES string of the molecule is C=C(C)NCC#Cc1ccc(CC(C)C)cc1.CC. The highest BCUT2D eigenvalue weighted by Gasteiger charge is 1.96. The summed E-state index contributed by atoms with van der Waals surface area (Å²) in [6.07, 6.45) is 1.13. The first-order valence-corrected chi connectivity index (χ1v) is 7.05. The van der Waals surface area contributed by atoms with Crippen LogP contribution >= 0.6 is 0 Å². The quantitative estimate of drug-likeness (QED) is 0.789. The van der Waals surface area contributed by atoms with Crippen molar-refractivity contribution in [1.29, 1.82) is 0 Å². The molecule has 0 atom stereocenters. The van der Waals surface area contributed by atoms with Crippen LogP contribution in [0, 0.1) is 17.8 Å². The number of hydrogen-bond donors (Lipinski definition) is 1. The van der Waals surface area contributed by atoms with E-state index in [-0.39, 0.29) is 0 Å². The van der Waals surface area contributed by atoms with E-state index in [4.69, 9.17) is 0 Å². The van der Waals surface area contributed by atoms with Gasteiger partial charge in [-0.15, -0.1) is 0 Å². The van der Waals surface area contributed by atoms with Gasteiger partial charge in [-0.3, -0.25) is 0 Å². The van der Waals surface area contributed by atoms with Gasteiger partial charge < -0.3 is 5.32 Å². The Hall–Kier alpha value is -1.68. The van der Waals surface area contributed by atoms with Crippen LogP contribution in [-0.2, 0) is 6.42 Å². The lowest BCUT2D eigenvalue weighted by Gasteiger charge is -2.04. The largest absolute Gasteiger partial charge is 0.378 e. The van der Waals surface area contributed by atoms with Gasteiger partial charge in [0, 0.05) is 11.3 Å². The molecule has 0 aliphatic heterocycles. The fraction of sp³-hybridized carbons (Fsp3) is 0.444. The standard InChI is InChI=1S/C16H21N.C2H6/c1-13(2)12-16-9-7-15(8-10-16)6-5-11-17-14(3)4;1-2/h7-10,13,17H,3,11-12H2,1-2,4H3;1-2H3. The summed E-state index contributed by atoms with van der Waals surface area (Å²) in [4.78, 5) is 0. The number of nitrogens with one attached hydrogen (secondary N) is 1. The molecular weight excluding hydrogens is 230 g/mol. The zero-order valence-corrected chi connectivity index (χ0v) is 13.0. The van der Waals surface area contributed by atoms with Crippen LogP contribution in [0.1, 0.15) is 45.7 Å². The highest BCUT2D eigenvalue weighted by molar-refractivity contribution is 5.36. The lowest BCUT2D eigenvalue weighted by atomic mass is 10.0. The van der Waals surface area contributed by atoms with E-state index in [0.29, 0.717) is 12.5 Å². The summed E-state index contributed by atoms with van der Waals surface area (Å²) in [5.74, 6) is 6.90. The van der Waals surface area contributed by atoms with E-state index in [2.05, 4.69) is 61.8 Å². The van der Waals surface area contributed by atoms with Crippen molar-refractivity contribution in [3.63, 3.8) is 0 Å². The third kappa shape index (κ3) is 8.97. The van der Waals surface area contributed by atoms with Crippen molar-refractivity contribution >= 4 is 0 Å². The maximum Gasteiger partial charge on any atom is 0.0766 e. The molecule has 0 saturated carbocycles. The summed E-state index contributed by atoms with van der Waals surface area (Å²) in [7, 11) is 0. The zero-order valence-electron chi connectivity index (χ0n) is 13.0. The van der Waals surface area contributed by atoms with Crippen LogP contribution in [0.4, 0.5) is 0 Å². The average Bonchev–Trinajstić information content (AvgIpc) is 2.38. The lowest BCUT2D eigenvalue weighted by Crippen LogP contribution is -2.09. The smallest absolute Gasteiger partial charge is 0.0766 e. The van der Waals surface area contributed by atoms with E-state index in [1.165, 1.54) is 5.56 Å². The molecule has 0 unspecified atom stereocenters. The molecule has 0 saturated heterocycles. The van der Waals surface area contributed by atoms with Crippen molar-refractivity contribution in [2.45, 2.75) is 41.0 Å². The van der Waals surface area contributed by atoms with E-state index in [9.17, 15) is 0 Å². The van der Waals surface area contributed by atoms with Crippen LogP contribution in [0.5, 0.6) is 0 Å². The lowest BCUT2D eigenvalue weighted by molar-refractivity contribution is 0.647. The van der Waals surface area contributed by atoms with Gasteiger partial charge >= 0.3 is 0 Å². The molecule has 0 aliphatic carbocycles. The second-order valence-corrected chi connectivity index (χ2v) is 4.73. The molecule has 1 heteroatoms. The van der Waals surface area contributed by atoms with Gasteiger partial charge in [-0.05, 0) is 37.0 Å². The van der Waals surface area contributed by atoms with Crippen molar-refractivity contribution in [3.05, 3.63) is 47.7 Å². The van der Waals surface area contributed by atoms with Crippen molar-refractivity contribution in [1.82, 2.24) is 5.32 Å². The molecule has 0 amide bonds. The predicted molar refractivity (Wildman–Crippen MR) is 86.0 cm³/mol. The van der Waals surface area contributed by atoms with Gasteiger partial charge in [0.1, 0.15) is 0 Å². The Labute approximate surface area is 119 Å². The minimum absolute atomic E-state index is 0.656. The maximum atomic E-state index is 3.76. The summed E-state index contributed by atoms with van der Waals surface area (Å²) >= 11 is 0. The number of allylic oxidation sites excluding steroid dienone is 1. The minimum atomic E-state index is 0.656. The normalized spacial score (nSPS) is 8.95. The first-order valence-electron chi connectivity index (χ1n) is 7.05. The monoisotopic (exact) mass is 257 g/mol. The summed E-state index contributed by atoms with van der Waals surface area (Å²) in [5.41, 5.74) is 3.40. The molecule has 0 fully saturated rings.